The number of carboxylic acids is 1. The number of thioether (sulfide) groups is 1. The molecule has 2 rings (SSSR count). The zero-order chi connectivity index (χ0) is 13.0. The van der Waals surface area contributed by atoms with Gasteiger partial charge in [-0.05, 0) is 18.2 Å². The average molecular weight is 289 g/mol. The van der Waals surface area contributed by atoms with Crippen LogP contribution in [-0.2, 0) is 4.79 Å². The Morgan fingerprint density at radius 3 is 2.83 bits per heavy atom. The highest BCUT2D eigenvalue weighted by molar-refractivity contribution is 7.99. The third-order valence-corrected chi connectivity index (χ3v) is 3.99. The van der Waals surface area contributed by atoms with Gasteiger partial charge in [-0.15, -0.1) is 23.4 Å². The van der Waals surface area contributed by atoms with E-state index in [1.54, 1.807) is 0 Å². The Morgan fingerprint density at radius 1 is 1.39 bits per heavy atom. The van der Waals surface area contributed by atoms with Crippen molar-refractivity contribution in [1.29, 1.82) is 0 Å². The van der Waals surface area contributed by atoms with Gasteiger partial charge in [0.1, 0.15) is 5.38 Å². The van der Waals surface area contributed by atoms with E-state index in [1.807, 2.05) is 18.2 Å². The Kier molecular flexibility index (Phi) is 4.60. The first-order valence-electron chi connectivity index (χ1n) is 5.56. The number of benzene rings is 1. The number of carboxylic acid groups (broad SMARTS) is 1. The minimum absolute atomic E-state index is 0.316. The molecule has 1 aromatic carbocycles. The molecule has 1 N–H and O–H groups in total. The highest BCUT2D eigenvalue weighted by Gasteiger charge is 2.15. The van der Waals surface area contributed by atoms with Crippen molar-refractivity contribution < 1.29 is 19.4 Å². The van der Waals surface area contributed by atoms with Gasteiger partial charge in [-0.2, -0.15) is 0 Å². The van der Waals surface area contributed by atoms with E-state index in [2.05, 4.69) is 0 Å². The third-order valence-electron chi connectivity index (χ3n) is 2.38. The van der Waals surface area contributed by atoms with Crippen LogP contribution in [0.3, 0.4) is 0 Å². The van der Waals surface area contributed by atoms with Crippen LogP contribution < -0.4 is 9.47 Å². The maximum absolute atomic E-state index is 10.6. The number of alkyl halides is 1. The topological polar surface area (TPSA) is 55.8 Å². The van der Waals surface area contributed by atoms with Crippen molar-refractivity contribution in [3.63, 3.8) is 0 Å². The predicted molar refractivity (Wildman–Crippen MR) is 70.0 cm³/mol. The van der Waals surface area contributed by atoms with E-state index in [-0.39, 0.29) is 0 Å². The summed E-state index contributed by atoms with van der Waals surface area (Å²) in [6.07, 6.45) is 0.861. The average Bonchev–Trinajstić information content (AvgIpc) is 2.60. The molecule has 1 atom stereocenters. The van der Waals surface area contributed by atoms with Gasteiger partial charge in [0.25, 0.3) is 0 Å². The molecule has 1 aromatic rings. The quantitative estimate of drug-likeness (QED) is 0.682. The lowest BCUT2D eigenvalue weighted by Gasteiger charge is -2.09. The second kappa shape index (κ2) is 6.20. The molecule has 0 aromatic heterocycles. The summed E-state index contributed by atoms with van der Waals surface area (Å²) in [6.45, 7) is 1.29. The second-order valence-corrected chi connectivity index (χ2v) is 5.40. The zero-order valence-corrected chi connectivity index (χ0v) is 11.2. The molecule has 0 fully saturated rings. The Morgan fingerprint density at radius 2 is 2.11 bits per heavy atom. The molecule has 0 radical (unpaired) electrons. The molecule has 1 aliphatic heterocycles. The van der Waals surface area contributed by atoms with Crippen molar-refractivity contribution >= 4 is 29.3 Å². The van der Waals surface area contributed by atoms with Gasteiger partial charge in [0.2, 0.25) is 0 Å². The lowest BCUT2D eigenvalue weighted by atomic mass is 10.3. The fourth-order valence-electron chi connectivity index (χ4n) is 1.47. The van der Waals surface area contributed by atoms with Gasteiger partial charge in [-0.25, -0.2) is 0 Å². The maximum atomic E-state index is 10.6. The standard InChI is InChI=1S/C12H13ClO4S/c13-9(12(14)15)7-18-8-2-3-10-11(6-8)17-5-1-4-16-10/h2-3,6,9H,1,4-5,7H2,(H,14,15). The molecule has 0 saturated heterocycles. The molecule has 1 unspecified atom stereocenters. The maximum Gasteiger partial charge on any atom is 0.322 e. The fraction of sp³-hybridized carbons (Fsp3) is 0.417. The molecule has 18 heavy (non-hydrogen) atoms. The lowest BCUT2D eigenvalue weighted by Crippen LogP contribution is -2.15. The van der Waals surface area contributed by atoms with E-state index in [4.69, 9.17) is 26.2 Å². The molecule has 1 aliphatic rings. The van der Waals surface area contributed by atoms with E-state index in [9.17, 15) is 4.79 Å². The van der Waals surface area contributed by atoms with Crippen LogP contribution in [-0.4, -0.2) is 35.4 Å². The lowest BCUT2D eigenvalue weighted by molar-refractivity contribution is -0.136. The second-order valence-electron chi connectivity index (χ2n) is 3.78. The predicted octanol–water partition coefficient (Wildman–Crippen LogP) is 2.63. The summed E-state index contributed by atoms with van der Waals surface area (Å²) in [5.74, 6) is 0.756. The summed E-state index contributed by atoms with van der Waals surface area (Å²) < 4.78 is 11.1. The molecular weight excluding hydrogens is 276 g/mol. The van der Waals surface area contributed by atoms with Crippen LogP contribution in [0.2, 0.25) is 0 Å². The SMILES string of the molecule is O=C(O)C(Cl)CSc1ccc2c(c1)OCCCO2. The van der Waals surface area contributed by atoms with Gasteiger partial charge in [0.15, 0.2) is 11.5 Å². The van der Waals surface area contributed by atoms with Gasteiger partial charge in [0, 0.05) is 17.1 Å². The zero-order valence-electron chi connectivity index (χ0n) is 9.60. The Balaban J connectivity index is 2.02. The number of rotatable bonds is 4. The van der Waals surface area contributed by atoms with Crippen molar-refractivity contribution in [3.8, 4) is 11.5 Å². The van der Waals surface area contributed by atoms with Crippen LogP contribution in [0.25, 0.3) is 0 Å². The number of carbonyl (C=O) groups is 1. The summed E-state index contributed by atoms with van der Waals surface area (Å²) in [4.78, 5) is 11.5. The number of aliphatic carboxylic acids is 1. The molecule has 0 aliphatic carbocycles. The van der Waals surface area contributed by atoms with Crippen molar-refractivity contribution in [3.05, 3.63) is 18.2 Å². The summed E-state index contributed by atoms with van der Waals surface area (Å²) in [5.41, 5.74) is 0. The molecule has 0 bridgehead atoms. The number of hydrogen-bond donors (Lipinski definition) is 1. The van der Waals surface area contributed by atoms with Crippen LogP contribution in [0.4, 0.5) is 0 Å². The summed E-state index contributed by atoms with van der Waals surface area (Å²) in [5, 5.41) is 7.82. The molecule has 0 saturated carbocycles. The van der Waals surface area contributed by atoms with Crippen LogP contribution >= 0.6 is 23.4 Å². The number of fused-ring (bicyclic) bond motifs is 1. The number of halogens is 1. The fourth-order valence-corrected chi connectivity index (χ4v) is 2.50. The first kappa shape index (κ1) is 13.4. The normalized spacial score (nSPS) is 15.8. The van der Waals surface area contributed by atoms with Crippen LogP contribution in [0.5, 0.6) is 11.5 Å². The molecule has 4 nitrogen and oxygen atoms in total. The Hall–Kier alpha value is -1.07. The summed E-state index contributed by atoms with van der Waals surface area (Å²) in [7, 11) is 0. The van der Waals surface area contributed by atoms with E-state index in [1.165, 1.54) is 11.8 Å². The van der Waals surface area contributed by atoms with Crippen molar-refractivity contribution in [1.82, 2.24) is 0 Å². The summed E-state index contributed by atoms with van der Waals surface area (Å²) in [6, 6.07) is 5.58. The van der Waals surface area contributed by atoms with Crippen molar-refractivity contribution in [2.45, 2.75) is 16.7 Å². The van der Waals surface area contributed by atoms with Crippen LogP contribution in [0, 0.1) is 0 Å². The smallest absolute Gasteiger partial charge is 0.322 e. The highest BCUT2D eigenvalue weighted by atomic mass is 35.5. The molecule has 98 valence electrons. The Labute approximate surface area is 114 Å². The molecular formula is C12H13ClO4S. The van der Waals surface area contributed by atoms with E-state index < -0.39 is 11.3 Å². The van der Waals surface area contributed by atoms with Crippen LogP contribution in [0.15, 0.2) is 23.1 Å². The summed E-state index contributed by atoms with van der Waals surface area (Å²) >= 11 is 7.05. The van der Waals surface area contributed by atoms with Crippen molar-refractivity contribution in [2.24, 2.45) is 0 Å². The largest absolute Gasteiger partial charge is 0.490 e. The van der Waals surface area contributed by atoms with Gasteiger partial charge in [-0.1, -0.05) is 0 Å². The molecule has 1 heterocycles. The minimum atomic E-state index is -1.00. The monoisotopic (exact) mass is 288 g/mol. The minimum Gasteiger partial charge on any atom is -0.490 e. The Bertz CT molecular complexity index is 438. The molecule has 0 amide bonds. The van der Waals surface area contributed by atoms with E-state index >= 15 is 0 Å². The van der Waals surface area contributed by atoms with E-state index in [0.717, 1.165) is 17.1 Å². The van der Waals surface area contributed by atoms with E-state index in [0.29, 0.717) is 24.7 Å². The van der Waals surface area contributed by atoms with Gasteiger partial charge in [0.05, 0.1) is 13.2 Å². The highest BCUT2D eigenvalue weighted by Crippen LogP contribution is 2.34. The van der Waals surface area contributed by atoms with Crippen LogP contribution in [0.1, 0.15) is 6.42 Å². The number of ether oxygens (including phenoxy) is 2. The van der Waals surface area contributed by atoms with Gasteiger partial charge >= 0.3 is 5.97 Å². The molecule has 6 heteroatoms. The third kappa shape index (κ3) is 3.46. The first-order chi connectivity index (χ1) is 8.66. The van der Waals surface area contributed by atoms with Gasteiger partial charge in [-0.3, -0.25) is 4.79 Å². The van der Waals surface area contributed by atoms with Gasteiger partial charge < -0.3 is 14.6 Å². The molecule has 0 spiro atoms. The number of hydrogen-bond acceptors (Lipinski definition) is 4. The van der Waals surface area contributed by atoms with Crippen molar-refractivity contribution in [2.75, 3.05) is 19.0 Å². The first-order valence-corrected chi connectivity index (χ1v) is 6.98.